The number of Topliss-reactive ketones (excluding diaryl/α,β-unsaturated/α-hetero) is 5. The summed E-state index contributed by atoms with van der Waals surface area (Å²) in [5.41, 5.74) is 1.52. The largest absolute Gasteiger partial charge is 0.344 e. The van der Waals surface area contributed by atoms with Crippen LogP contribution in [0.2, 0.25) is 0 Å². The van der Waals surface area contributed by atoms with Gasteiger partial charge in [0, 0.05) is 61.3 Å². The van der Waals surface area contributed by atoms with E-state index in [0.717, 1.165) is 57.6 Å². The molecule has 1 saturated heterocycles. The third-order valence-corrected chi connectivity index (χ3v) is 13.6. The van der Waals surface area contributed by atoms with Gasteiger partial charge in [0.15, 0.2) is 11.6 Å². The van der Waals surface area contributed by atoms with Crippen molar-refractivity contribution in [3.8, 4) is 0 Å². The third kappa shape index (κ3) is 12.6. The van der Waals surface area contributed by atoms with Gasteiger partial charge in [0.2, 0.25) is 5.91 Å². The van der Waals surface area contributed by atoms with Crippen molar-refractivity contribution >= 4 is 56.4 Å². The maximum atomic E-state index is 14.5. The summed E-state index contributed by atoms with van der Waals surface area (Å²) in [7, 11) is 0. The number of nitrogens with one attached hydrogen (secondary N) is 1. The van der Waals surface area contributed by atoms with Crippen LogP contribution in [-0.4, -0.2) is 63.9 Å². The fourth-order valence-corrected chi connectivity index (χ4v) is 9.80. The Bertz CT molecular complexity index is 2480. The number of fused-ring (bicyclic) bond motifs is 2. The van der Waals surface area contributed by atoms with E-state index in [4.69, 9.17) is 0 Å². The van der Waals surface area contributed by atoms with Crippen LogP contribution in [-0.2, 0) is 48.0 Å². The van der Waals surface area contributed by atoms with Crippen LogP contribution in [0.1, 0.15) is 104 Å². The second-order valence-corrected chi connectivity index (χ2v) is 19.7. The van der Waals surface area contributed by atoms with Gasteiger partial charge in [-0.05, 0) is 105 Å². The maximum Gasteiger partial charge on any atom is 0.224 e. The predicted octanol–water partition coefficient (Wildman–Crippen LogP) is 10.3. The lowest BCUT2D eigenvalue weighted by molar-refractivity contribution is -0.137. The van der Waals surface area contributed by atoms with E-state index in [2.05, 4.69) is 24.1 Å². The van der Waals surface area contributed by atoms with Gasteiger partial charge in [-0.1, -0.05) is 136 Å². The number of hydrogen-bond acceptors (Lipinski definition) is 7. The van der Waals surface area contributed by atoms with E-state index in [1.165, 1.54) is 0 Å². The molecule has 0 radical (unpaired) electrons. The molecule has 1 aliphatic heterocycles. The van der Waals surface area contributed by atoms with Crippen LogP contribution in [0, 0.1) is 29.6 Å². The van der Waals surface area contributed by atoms with Crippen molar-refractivity contribution in [1.29, 1.82) is 0 Å². The molecular formula is C57H68N2O6. The summed E-state index contributed by atoms with van der Waals surface area (Å²) in [6.45, 7) is 13.7. The van der Waals surface area contributed by atoms with Gasteiger partial charge in [-0.2, -0.15) is 0 Å². The van der Waals surface area contributed by atoms with Gasteiger partial charge in [0.1, 0.15) is 17.3 Å². The van der Waals surface area contributed by atoms with Gasteiger partial charge in [0.25, 0.3) is 0 Å². The van der Waals surface area contributed by atoms with Crippen molar-refractivity contribution < 1.29 is 28.8 Å². The molecule has 5 aromatic rings. The van der Waals surface area contributed by atoms with Crippen LogP contribution < -0.4 is 5.32 Å². The lowest BCUT2D eigenvalue weighted by Gasteiger charge is -2.29. The lowest BCUT2D eigenvalue weighted by Crippen LogP contribution is -2.52. The highest BCUT2D eigenvalue weighted by molar-refractivity contribution is 5.98. The molecule has 0 aromatic heterocycles. The first kappa shape index (κ1) is 48.8. The van der Waals surface area contributed by atoms with Crippen molar-refractivity contribution in [3.05, 3.63) is 132 Å². The summed E-state index contributed by atoms with van der Waals surface area (Å²) in [6.07, 6.45) is 2.67. The molecule has 1 amide bonds. The molecule has 0 aliphatic carbocycles. The first-order valence-corrected chi connectivity index (χ1v) is 23.7. The first-order chi connectivity index (χ1) is 31.0. The van der Waals surface area contributed by atoms with Gasteiger partial charge in [-0.3, -0.25) is 33.7 Å². The smallest absolute Gasteiger partial charge is 0.224 e. The van der Waals surface area contributed by atoms with E-state index < -0.39 is 35.1 Å². The summed E-state index contributed by atoms with van der Waals surface area (Å²) >= 11 is 0. The van der Waals surface area contributed by atoms with Crippen LogP contribution in [0.5, 0.6) is 0 Å². The molecule has 1 fully saturated rings. The van der Waals surface area contributed by atoms with Gasteiger partial charge in [-0.25, -0.2) is 0 Å². The van der Waals surface area contributed by atoms with Crippen LogP contribution in [0.25, 0.3) is 21.5 Å². The molecular weight excluding hydrogens is 809 g/mol. The minimum Gasteiger partial charge on any atom is -0.344 e. The topological polar surface area (TPSA) is 118 Å². The highest BCUT2D eigenvalue weighted by Gasteiger charge is 2.38. The van der Waals surface area contributed by atoms with E-state index in [1.54, 1.807) is 20.8 Å². The number of nitrogens with zero attached hydrogens (tertiary/aromatic N) is 1. The van der Waals surface area contributed by atoms with Crippen molar-refractivity contribution in [3.63, 3.8) is 0 Å². The van der Waals surface area contributed by atoms with Crippen molar-refractivity contribution in [2.24, 2.45) is 29.6 Å². The molecule has 5 aromatic carbocycles. The molecule has 0 saturated carbocycles. The van der Waals surface area contributed by atoms with Crippen LogP contribution >= 0.6 is 0 Å². The maximum absolute atomic E-state index is 14.5. The number of carbonyl (C=O) groups is 6. The average Bonchev–Trinajstić information content (AvgIpc) is 3.79. The zero-order valence-electron chi connectivity index (χ0n) is 39.5. The molecule has 1 aliphatic rings. The fraction of sp³-hybridized carbons (Fsp3) is 0.439. The zero-order valence-corrected chi connectivity index (χ0v) is 39.5. The number of carbonyl (C=O) groups excluding carboxylic acids is 6. The SMILES string of the molecule is CC(C)C(=O)[C@H](CC(=O)[C@H](CC(=O)C(C)(C)NC(=O)[C@@H](C)CC(=O)[C@H](CC(=O)[C@H]1CCCN1C(C)C)Cc1cccc2ccccc12)Cc1ccccc1)Cc1cccc2ccccc12. The van der Waals surface area contributed by atoms with Gasteiger partial charge in [-0.15, -0.1) is 0 Å². The highest BCUT2D eigenvalue weighted by atomic mass is 16.2. The van der Waals surface area contributed by atoms with E-state index in [9.17, 15) is 28.8 Å². The Labute approximate surface area is 385 Å². The average molecular weight is 877 g/mol. The number of amides is 1. The molecule has 65 heavy (non-hydrogen) atoms. The normalized spacial score (nSPS) is 16.4. The second-order valence-electron chi connectivity index (χ2n) is 19.7. The number of likely N-dealkylation sites (tertiary alicyclic amines) is 1. The van der Waals surface area contributed by atoms with Crippen LogP contribution in [0.4, 0.5) is 0 Å². The molecule has 0 spiro atoms. The summed E-state index contributed by atoms with van der Waals surface area (Å²) in [4.78, 5) is 87.1. The molecule has 8 heteroatoms. The van der Waals surface area contributed by atoms with Crippen molar-refractivity contribution in [1.82, 2.24) is 10.2 Å². The highest BCUT2D eigenvalue weighted by Crippen LogP contribution is 2.30. The number of benzene rings is 5. The van der Waals surface area contributed by atoms with E-state index in [0.29, 0.717) is 19.3 Å². The standard InChI is InChI=1S/C57H68N2O6/c1-37(2)55(64)47(33-44-25-16-23-42-21-12-14-27-49(42)44)35-52(61)45(31-40-18-9-8-10-19-40)36-54(63)57(6,7)58-56(65)39(5)30-51(60)46(34-53(62)50-28-17-29-59(50)38(3)4)32-43-24-15-22-41-20-11-13-26-48(41)43/h8-16,18-27,37-39,45-47,50H,17,28-36H2,1-7H3,(H,58,65)/t39-,45-,46-,47-,50+/m0/s1. The quantitative estimate of drug-likeness (QED) is 0.0694. The van der Waals surface area contributed by atoms with Gasteiger partial charge >= 0.3 is 0 Å². The Balaban J connectivity index is 1.16. The van der Waals surface area contributed by atoms with Gasteiger partial charge in [0.05, 0.1) is 11.6 Å². The molecule has 1 heterocycles. The summed E-state index contributed by atoms with van der Waals surface area (Å²) in [5.74, 6) is -3.99. The van der Waals surface area contributed by atoms with E-state index in [-0.39, 0.29) is 72.6 Å². The van der Waals surface area contributed by atoms with Gasteiger partial charge < -0.3 is 5.32 Å². The summed E-state index contributed by atoms with van der Waals surface area (Å²) < 4.78 is 0. The number of hydrogen-bond donors (Lipinski definition) is 1. The predicted molar refractivity (Wildman–Crippen MR) is 261 cm³/mol. The molecule has 5 atom stereocenters. The van der Waals surface area contributed by atoms with E-state index >= 15 is 0 Å². The Kier molecular flexibility index (Phi) is 16.6. The summed E-state index contributed by atoms with van der Waals surface area (Å²) in [6, 6.07) is 37.6. The number of rotatable bonds is 23. The zero-order chi connectivity index (χ0) is 46.8. The molecule has 1 N–H and O–H groups in total. The first-order valence-electron chi connectivity index (χ1n) is 23.7. The van der Waals surface area contributed by atoms with Crippen molar-refractivity contribution in [2.75, 3.05) is 6.54 Å². The Morgan fingerprint density at radius 1 is 0.600 bits per heavy atom. The Morgan fingerprint density at radius 2 is 1.12 bits per heavy atom. The molecule has 6 rings (SSSR count). The Hall–Kier alpha value is -5.60. The van der Waals surface area contributed by atoms with E-state index in [1.807, 2.05) is 129 Å². The molecule has 0 bridgehead atoms. The van der Waals surface area contributed by atoms with Crippen LogP contribution in [0.15, 0.2) is 115 Å². The monoisotopic (exact) mass is 877 g/mol. The molecule has 0 unspecified atom stereocenters. The molecule has 342 valence electrons. The third-order valence-electron chi connectivity index (χ3n) is 13.6. The summed E-state index contributed by atoms with van der Waals surface area (Å²) in [5, 5.41) is 7.13. The second kappa shape index (κ2) is 22.1. The van der Waals surface area contributed by atoms with Crippen LogP contribution in [0.3, 0.4) is 0 Å². The number of ketones is 5. The minimum atomic E-state index is -1.36. The minimum absolute atomic E-state index is 0.00432. The fourth-order valence-electron chi connectivity index (χ4n) is 9.80. The van der Waals surface area contributed by atoms with Crippen molar-refractivity contribution in [2.45, 2.75) is 124 Å². The molecule has 8 nitrogen and oxygen atoms in total. The Morgan fingerprint density at radius 3 is 1.71 bits per heavy atom. The lowest BCUT2D eigenvalue weighted by atomic mass is 9.79.